The lowest BCUT2D eigenvalue weighted by molar-refractivity contribution is -0.116. The number of benzene rings is 2. The van der Waals surface area contributed by atoms with Crippen molar-refractivity contribution in [3.05, 3.63) is 36.4 Å². The molecule has 0 saturated carbocycles. The smallest absolute Gasteiger partial charge is 0.248 e. The largest absolute Gasteiger partial charge is 0.495 e. The molecule has 1 aliphatic heterocycles. The van der Waals surface area contributed by atoms with Gasteiger partial charge in [0.1, 0.15) is 25.0 Å². The number of anilines is 2. The summed E-state index contributed by atoms with van der Waals surface area (Å²) in [5.74, 6) is 0.352. The minimum absolute atomic E-state index is 0.0756. The lowest BCUT2D eigenvalue weighted by atomic mass is 10.2. The Balaban J connectivity index is 1.93. The third-order valence-corrected chi connectivity index (χ3v) is 7.90. The molecule has 1 aliphatic rings. The van der Waals surface area contributed by atoms with Crippen LogP contribution in [-0.4, -0.2) is 61.4 Å². The number of hydrogen-bond acceptors (Lipinski definition) is 8. The van der Waals surface area contributed by atoms with Crippen LogP contribution in [0.4, 0.5) is 11.4 Å². The first-order chi connectivity index (χ1) is 16.3. The number of carbonyl (C=O) groups is 1. The summed E-state index contributed by atoms with van der Waals surface area (Å²) in [5.41, 5.74) is 0.287. The van der Waals surface area contributed by atoms with E-state index in [2.05, 4.69) is 10.0 Å². The molecule has 192 valence electrons. The summed E-state index contributed by atoms with van der Waals surface area (Å²) in [6, 6.07) is 7.05. The van der Waals surface area contributed by atoms with Gasteiger partial charge in [0.2, 0.25) is 26.0 Å². The molecule has 0 bridgehead atoms. The van der Waals surface area contributed by atoms with Gasteiger partial charge in [-0.05, 0) is 51.1 Å². The molecule has 2 aromatic rings. The van der Waals surface area contributed by atoms with Crippen LogP contribution in [0.3, 0.4) is 0 Å². The fraction of sp³-hybridized carbons (Fsp3) is 0.409. The molecule has 35 heavy (non-hydrogen) atoms. The summed E-state index contributed by atoms with van der Waals surface area (Å²) in [6.45, 7) is 5.48. The Kier molecular flexibility index (Phi) is 7.82. The first-order valence-corrected chi connectivity index (χ1v) is 14.1. The predicted molar refractivity (Wildman–Crippen MR) is 131 cm³/mol. The summed E-state index contributed by atoms with van der Waals surface area (Å²) < 4.78 is 70.2. The van der Waals surface area contributed by atoms with E-state index >= 15 is 0 Å². The highest BCUT2D eigenvalue weighted by Crippen LogP contribution is 2.36. The van der Waals surface area contributed by atoms with Gasteiger partial charge in [-0.1, -0.05) is 0 Å². The van der Waals surface area contributed by atoms with E-state index < -0.39 is 32.0 Å². The van der Waals surface area contributed by atoms with Gasteiger partial charge in [-0.15, -0.1) is 0 Å². The van der Waals surface area contributed by atoms with E-state index in [1.165, 1.54) is 44.4 Å². The van der Waals surface area contributed by atoms with Crippen LogP contribution in [0.5, 0.6) is 17.2 Å². The quantitative estimate of drug-likeness (QED) is 0.504. The Hall–Kier alpha value is -3.03. The zero-order chi connectivity index (χ0) is 26.0. The van der Waals surface area contributed by atoms with E-state index in [0.29, 0.717) is 24.7 Å². The average Bonchev–Trinajstić information content (AvgIpc) is 2.77. The monoisotopic (exact) mass is 527 g/mol. The molecule has 1 amide bonds. The number of hydrogen-bond donors (Lipinski definition) is 2. The van der Waals surface area contributed by atoms with E-state index in [-0.39, 0.29) is 28.1 Å². The number of amides is 1. The van der Waals surface area contributed by atoms with Crippen molar-refractivity contribution in [2.45, 2.75) is 37.8 Å². The van der Waals surface area contributed by atoms with Crippen molar-refractivity contribution in [1.29, 1.82) is 0 Å². The van der Waals surface area contributed by atoms with Crippen molar-refractivity contribution < 1.29 is 35.8 Å². The van der Waals surface area contributed by atoms with E-state index in [1.54, 1.807) is 19.9 Å². The van der Waals surface area contributed by atoms with E-state index in [9.17, 15) is 21.6 Å². The SMILES string of the molecule is COc1ccc(S(=O)(=O)NC(C)C)cc1NC(=O)C(C)N(c1ccc2c(c1)OCCO2)S(C)(=O)=O. The van der Waals surface area contributed by atoms with Crippen molar-refractivity contribution in [3.8, 4) is 17.2 Å². The van der Waals surface area contributed by atoms with Gasteiger partial charge in [0, 0.05) is 12.1 Å². The third-order valence-electron chi connectivity index (χ3n) is 5.00. The fourth-order valence-electron chi connectivity index (χ4n) is 3.55. The number of methoxy groups -OCH3 is 1. The molecule has 1 atom stereocenters. The average molecular weight is 528 g/mol. The maximum absolute atomic E-state index is 13.2. The lowest BCUT2D eigenvalue weighted by Crippen LogP contribution is -2.45. The molecular formula is C22H29N3O8S2. The molecule has 0 aromatic heterocycles. The third kappa shape index (κ3) is 6.16. The van der Waals surface area contributed by atoms with Crippen LogP contribution in [0.1, 0.15) is 20.8 Å². The molecule has 3 rings (SSSR count). The van der Waals surface area contributed by atoms with Gasteiger partial charge in [-0.3, -0.25) is 9.10 Å². The van der Waals surface area contributed by atoms with Crippen molar-refractivity contribution in [2.75, 3.05) is 36.2 Å². The van der Waals surface area contributed by atoms with Crippen LogP contribution in [0.2, 0.25) is 0 Å². The molecule has 11 nitrogen and oxygen atoms in total. The molecule has 1 unspecified atom stereocenters. The van der Waals surface area contributed by atoms with Crippen LogP contribution in [-0.2, 0) is 24.8 Å². The highest BCUT2D eigenvalue weighted by molar-refractivity contribution is 7.92. The minimum atomic E-state index is -3.90. The van der Waals surface area contributed by atoms with E-state index in [4.69, 9.17) is 14.2 Å². The van der Waals surface area contributed by atoms with Crippen LogP contribution in [0.25, 0.3) is 0 Å². The minimum Gasteiger partial charge on any atom is -0.495 e. The van der Waals surface area contributed by atoms with Gasteiger partial charge >= 0.3 is 0 Å². The maximum atomic E-state index is 13.2. The van der Waals surface area contributed by atoms with E-state index in [1.807, 2.05) is 0 Å². The molecular weight excluding hydrogens is 498 g/mol. The summed E-state index contributed by atoms with van der Waals surface area (Å²) in [4.78, 5) is 13.1. The van der Waals surface area contributed by atoms with Crippen LogP contribution in [0.15, 0.2) is 41.3 Å². The number of carbonyl (C=O) groups excluding carboxylic acids is 1. The summed E-state index contributed by atoms with van der Waals surface area (Å²) >= 11 is 0. The van der Waals surface area contributed by atoms with E-state index in [0.717, 1.165) is 10.6 Å². The molecule has 0 radical (unpaired) electrons. The molecule has 0 spiro atoms. The first-order valence-electron chi connectivity index (χ1n) is 10.7. The van der Waals surface area contributed by atoms with Gasteiger partial charge in [0.15, 0.2) is 11.5 Å². The second-order valence-electron chi connectivity index (χ2n) is 8.19. The van der Waals surface area contributed by atoms with Gasteiger partial charge in [-0.25, -0.2) is 21.6 Å². The van der Waals surface area contributed by atoms with Crippen LogP contribution in [0, 0.1) is 0 Å². The first kappa shape index (κ1) is 26.6. The zero-order valence-electron chi connectivity index (χ0n) is 20.1. The highest BCUT2D eigenvalue weighted by Gasteiger charge is 2.31. The number of nitrogens with zero attached hydrogens (tertiary/aromatic N) is 1. The topological polar surface area (TPSA) is 140 Å². The Morgan fingerprint density at radius 1 is 1.00 bits per heavy atom. The number of rotatable bonds is 9. The van der Waals surface area contributed by atoms with Crippen molar-refractivity contribution >= 4 is 37.3 Å². The van der Waals surface area contributed by atoms with Crippen molar-refractivity contribution in [1.82, 2.24) is 4.72 Å². The molecule has 1 heterocycles. The van der Waals surface area contributed by atoms with Gasteiger partial charge < -0.3 is 19.5 Å². The summed E-state index contributed by atoms with van der Waals surface area (Å²) in [5, 5.41) is 2.59. The number of ether oxygens (including phenoxy) is 3. The van der Waals surface area contributed by atoms with Gasteiger partial charge in [0.05, 0.1) is 29.6 Å². The standard InChI is InChI=1S/C22H29N3O8S2/c1-14(2)24-35(29,30)17-7-9-19(31-4)18(13-17)23-22(26)15(3)25(34(5,27)28)16-6-8-20-21(12-16)33-11-10-32-20/h6-9,12-15,24H,10-11H2,1-5H3,(H,23,26). The van der Waals surface area contributed by atoms with Gasteiger partial charge in [-0.2, -0.15) is 0 Å². The molecule has 13 heteroatoms. The summed E-state index contributed by atoms with van der Waals surface area (Å²) in [6.07, 6.45) is 0.985. The van der Waals surface area contributed by atoms with Gasteiger partial charge in [0.25, 0.3) is 0 Å². The number of nitrogens with one attached hydrogen (secondary N) is 2. The second-order valence-corrected chi connectivity index (χ2v) is 11.8. The molecule has 2 aromatic carbocycles. The van der Waals surface area contributed by atoms with Crippen LogP contribution < -0.4 is 28.6 Å². The van der Waals surface area contributed by atoms with Crippen LogP contribution >= 0.6 is 0 Å². The predicted octanol–water partition coefficient (Wildman–Crippen LogP) is 1.95. The molecule has 0 saturated heterocycles. The molecule has 0 fully saturated rings. The Morgan fingerprint density at radius 2 is 1.66 bits per heavy atom. The highest BCUT2D eigenvalue weighted by atomic mass is 32.2. The normalized spacial score (nSPS) is 14.3. The molecule has 2 N–H and O–H groups in total. The Bertz CT molecular complexity index is 1310. The Morgan fingerprint density at radius 3 is 2.26 bits per heavy atom. The fourth-order valence-corrected chi connectivity index (χ4v) is 5.99. The maximum Gasteiger partial charge on any atom is 0.248 e. The molecule has 0 aliphatic carbocycles. The summed E-state index contributed by atoms with van der Waals surface area (Å²) in [7, 11) is -6.38. The Labute approximate surface area is 205 Å². The second kappa shape index (κ2) is 10.3. The lowest BCUT2D eigenvalue weighted by Gasteiger charge is -2.29. The number of fused-ring (bicyclic) bond motifs is 1. The van der Waals surface area contributed by atoms with Crippen molar-refractivity contribution in [2.24, 2.45) is 0 Å². The van der Waals surface area contributed by atoms with Crippen molar-refractivity contribution in [3.63, 3.8) is 0 Å². The number of sulfonamides is 2. The zero-order valence-corrected chi connectivity index (χ0v) is 21.7.